The third kappa shape index (κ3) is 3.07. The van der Waals surface area contributed by atoms with Gasteiger partial charge in [0.2, 0.25) is 5.78 Å². The molecule has 3 heterocycles. The van der Waals surface area contributed by atoms with E-state index in [1.807, 2.05) is 33.8 Å². The highest BCUT2D eigenvalue weighted by Gasteiger charge is 2.52. The molecule has 3 aromatic rings. The summed E-state index contributed by atoms with van der Waals surface area (Å²) in [7, 11) is -0.637. The van der Waals surface area contributed by atoms with E-state index in [0.717, 1.165) is 5.46 Å². The van der Waals surface area contributed by atoms with Crippen LogP contribution in [0, 0.1) is 17.5 Å². The van der Waals surface area contributed by atoms with Crippen LogP contribution in [0.3, 0.4) is 0 Å². The summed E-state index contributed by atoms with van der Waals surface area (Å²) < 4.78 is 54.1. The molecule has 0 unspecified atom stereocenters. The third-order valence-corrected chi connectivity index (χ3v) is 5.71. The van der Waals surface area contributed by atoms with Crippen molar-refractivity contribution in [2.45, 2.75) is 38.9 Å². The number of carbonyl (C=O) groups excluding carboxylic acids is 1. The van der Waals surface area contributed by atoms with Crippen molar-refractivity contribution in [2.75, 3.05) is 0 Å². The van der Waals surface area contributed by atoms with Crippen LogP contribution in [0.15, 0.2) is 42.6 Å². The molecule has 1 aliphatic rings. The smallest absolute Gasteiger partial charge is 0.399 e. The summed E-state index contributed by atoms with van der Waals surface area (Å²) >= 11 is 0. The van der Waals surface area contributed by atoms with Gasteiger partial charge in [-0.2, -0.15) is 0 Å². The van der Waals surface area contributed by atoms with Crippen LogP contribution in [-0.4, -0.2) is 28.5 Å². The Morgan fingerprint density at radius 2 is 1.55 bits per heavy atom. The highest BCUT2D eigenvalue weighted by Crippen LogP contribution is 2.36. The van der Waals surface area contributed by atoms with Crippen LogP contribution < -0.4 is 5.46 Å². The molecule has 1 fully saturated rings. The number of pyridine rings is 1. The zero-order valence-electron chi connectivity index (χ0n) is 16.4. The van der Waals surface area contributed by atoms with E-state index >= 15 is 0 Å². The van der Waals surface area contributed by atoms with Gasteiger partial charge in [-0.05, 0) is 58.0 Å². The average molecular weight is 401 g/mol. The molecule has 29 heavy (non-hydrogen) atoms. The van der Waals surface area contributed by atoms with Gasteiger partial charge in [-0.25, -0.2) is 13.2 Å². The zero-order valence-corrected chi connectivity index (χ0v) is 16.4. The van der Waals surface area contributed by atoms with Gasteiger partial charge in [-0.3, -0.25) is 4.79 Å². The van der Waals surface area contributed by atoms with E-state index in [2.05, 4.69) is 0 Å². The van der Waals surface area contributed by atoms with Crippen molar-refractivity contribution in [2.24, 2.45) is 0 Å². The Balaban J connectivity index is 1.77. The molecule has 0 atom stereocenters. The summed E-state index contributed by atoms with van der Waals surface area (Å²) in [6, 6.07) is 8.21. The van der Waals surface area contributed by atoms with Gasteiger partial charge < -0.3 is 13.7 Å². The van der Waals surface area contributed by atoms with Crippen molar-refractivity contribution in [1.29, 1.82) is 0 Å². The van der Waals surface area contributed by atoms with Gasteiger partial charge in [0.1, 0.15) is 0 Å². The maximum atomic E-state index is 13.6. The molecule has 2 aromatic heterocycles. The van der Waals surface area contributed by atoms with Gasteiger partial charge in [0.05, 0.1) is 16.9 Å². The average Bonchev–Trinajstić information content (AvgIpc) is 3.16. The van der Waals surface area contributed by atoms with Crippen molar-refractivity contribution < 1.29 is 27.3 Å². The number of benzene rings is 1. The number of ketones is 1. The number of hydrogen-bond donors (Lipinski definition) is 0. The van der Waals surface area contributed by atoms with E-state index in [9.17, 15) is 18.0 Å². The van der Waals surface area contributed by atoms with E-state index in [4.69, 9.17) is 9.31 Å². The molecule has 0 aliphatic carbocycles. The fraction of sp³-hybridized carbons (Fsp3) is 0.286. The molecule has 1 aliphatic heterocycles. The Morgan fingerprint density at radius 3 is 2.14 bits per heavy atom. The highest BCUT2D eigenvalue weighted by molar-refractivity contribution is 6.64. The van der Waals surface area contributed by atoms with Crippen molar-refractivity contribution in [3.63, 3.8) is 0 Å². The van der Waals surface area contributed by atoms with Crippen molar-refractivity contribution in [3.8, 4) is 0 Å². The number of fused-ring (bicyclic) bond motifs is 1. The SMILES string of the molecule is CC1(C)OB(c2cccn3c(C(=O)c4cc(F)c(F)c(F)c4)ccc23)OC1(C)C. The molecule has 150 valence electrons. The lowest BCUT2D eigenvalue weighted by atomic mass is 9.79. The Morgan fingerprint density at radius 1 is 0.966 bits per heavy atom. The fourth-order valence-electron chi connectivity index (χ4n) is 3.35. The first-order chi connectivity index (χ1) is 13.5. The second-order valence-corrected chi connectivity index (χ2v) is 8.11. The lowest BCUT2D eigenvalue weighted by molar-refractivity contribution is 0.00578. The van der Waals surface area contributed by atoms with Crippen LogP contribution in [0.5, 0.6) is 0 Å². The fourth-order valence-corrected chi connectivity index (χ4v) is 3.35. The summed E-state index contributed by atoms with van der Waals surface area (Å²) in [4.78, 5) is 12.8. The van der Waals surface area contributed by atoms with Crippen LogP contribution >= 0.6 is 0 Å². The molecule has 4 nitrogen and oxygen atoms in total. The van der Waals surface area contributed by atoms with Crippen LogP contribution in [0.1, 0.15) is 43.7 Å². The first kappa shape index (κ1) is 19.7. The molecule has 0 bridgehead atoms. The predicted octanol–water partition coefficient (Wildman–Crippen LogP) is 3.89. The standard InChI is InChI=1S/C21H19BF3NO3/c1-20(2)21(3,4)29-22(28-20)13-6-5-9-26-16(13)7-8-17(26)19(27)12-10-14(23)18(25)15(24)11-12/h5-11H,1-4H3. The van der Waals surface area contributed by atoms with Crippen molar-refractivity contribution in [1.82, 2.24) is 4.40 Å². The van der Waals surface area contributed by atoms with Crippen molar-refractivity contribution >= 4 is 23.9 Å². The molecule has 0 N–H and O–H groups in total. The van der Waals surface area contributed by atoms with Gasteiger partial charge in [0.15, 0.2) is 17.5 Å². The lowest BCUT2D eigenvalue weighted by Crippen LogP contribution is -2.41. The maximum Gasteiger partial charge on any atom is 0.496 e. The molecule has 8 heteroatoms. The summed E-state index contributed by atoms with van der Waals surface area (Å²) in [6.45, 7) is 7.77. The number of carbonyl (C=O) groups is 1. The normalized spacial score (nSPS) is 17.8. The van der Waals surface area contributed by atoms with Crippen LogP contribution in [0.4, 0.5) is 13.2 Å². The van der Waals surface area contributed by atoms with Crippen LogP contribution in [-0.2, 0) is 9.31 Å². The van der Waals surface area contributed by atoms with E-state index in [1.165, 1.54) is 0 Å². The second-order valence-electron chi connectivity index (χ2n) is 8.11. The molecular formula is C21H19BF3NO3. The first-order valence-corrected chi connectivity index (χ1v) is 9.17. The minimum atomic E-state index is -1.61. The second kappa shape index (κ2) is 6.47. The topological polar surface area (TPSA) is 39.9 Å². The van der Waals surface area contributed by atoms with Gasteiger partial charge >= 0.3 is 7.12 Å². The summed E-state index contributed by atoms with van der Waals surface area (Å²) in [5, 5.41) is 0. The van der Waals surface area contributed by atoms with Crippen molar-refractivity contribution in [3.05, 3.63) is 71.3 Å². The first-order valence-electron chi connectivity index (χ1n) is 9.17. The van der Waals surface area contributed by atoms with Crippen LogP contribution in [0.25, 0.3) is 5.52 Å². The largest absolute Gasteiger partial charge is 0.496 e. The quantitative estimate of drug-likeness (QED) is 0.380. The summed E-state index contributed by atoms with van der Waals surface area (Å²) in [6.07, 6.45) is 1.66. The third-order valence-electron chi connectivity index (χ3n) is 5.71. The van der Waals surface area contributed by atoms with Gasteiger partial charge in [0, 0.05) is 22.7 Å². The maximum absolute atomic E-state index is 13.6. The Hall–Kier alpha value is -2.58. The predicted molar refractivity (Wildman–Crippen MR) is 103 cm³/mol. The van der Waals surface area contributed by atoms with E-state index in [1.54, 1.807) is 28.8 Å². The van der Waals surface area contributed by atoms with Crippen LogP contribution in [0.2, 0.25) is 0 Å². The summed E-state index contributed by atoms with van der Waals surface area (Å²) in [5.41, 5.74) is 0.239. The highest BCUT2D eigenvalue weighted by atomic mass is 19.2. The minimum absolute atomic E-state index is 0.184. The monoisotopic (exact) mass is 401 g/mol. The number of rotatable bonds is 3. The molecule has 0 amide bonds. The molecule has 1 aromatic carbocycles. The van der Waals surface area contributed by atoms with E-state index < -0.39 is 41.6 Å². The zero-order chi connectivity index (χ0) is 21.1. The van der Waals surface area contributed by atoms with E-state index in [0.29, 0.717) is 17.6 Å². The number of halogens is 3. The Labute approximate surface area is 166 Å². The Bertz CT molecular complexity index is 1100. The Kier molecular flexibility index (Phi) is 4.40. The molecule has 0 spiro atoms. The molecule has 0 saturated carbocycles. The van der Waals surface area contributed by atoms with Gasteiger partial charge in [-0.1, -0.05) is 6.07 Å². The number of aromatic nitrogens is 1. The van der Waals surface area contributed by atoms with Gasteiger partial charge in [0.25, 0.3) is 0 Å². The molecular weight excluding hydrogens is 382 g/mol. The lowest BCUT2D eigenvalue weighted by Gasteiger charge is -2.32. The number of hydrogen-bond acceptors (Lipinski definition) is 3. The molecule has 1 saturated heterocycles. The van der Waals surface area contributed by atoms with Gasteiger partial charge in [-0.15, -0.1) is 0 Å². The minimum Gasteiger partial charge on any atom is -0.399 e. The summed E-state index contributed by atoms with van der Waals surface area (Å²) in [5.74, 6) is -5.06. The van der Waals surface area contributed by atoms with E-state index in [-0.39, 0.29) is 11.3 Å². The number of nitrogens with zero attached hydrogens (tertiary/aromatic N) is 1. The molecule has 4 rings (SSSR count). The molecule has 0 radical (unpaired) electrons.